The van der Waals surface area contributed by atoms with Gasteiger partial charge in [-0.15, -0.1) is 11.6 Å². The molecule has 1 unspecified atom stereocenters. The molecule has 1 saturated carbocycles. The average molecular weight is 297 g/mol. The van der Waals surface area contributed by atoms with Crippen LogP contribution in [-0.4, -0.2) is 16.7 Å². The predicted molar refractivity (Wildman–Crippen MR) is 78.0 cm³/mol. The number of hydrogen-bond donors (Lipinski definition) is 0. The average Bonchev–Trinajstić information content (AvgIpc) is 2.73. The van der Waals surface area contributed by atoms with Crippen LogP contribution < -0.4 is 4.74 Å². The molecule has 0 radical (unpaired) electrons. The van der Waals surface area contributed by atoms with Crippen molar-refractivity contribution in [3.05, 3.63) is 23.8 Å². The number of alkyl halides is 1. The molecule has 0 spiro atoms. The summed E-state index contributed by atoms with van der Waals surface area (Å²) >= 11 is 6.27. The van der Waals surface area contributed by atoms with Gasteiger partial charge in [-0.05, 0) is 33.1 Å². The summed E-state index contributed by atoms with van der Waals surface area (Å²) in [6.07, 6.45) is 3.38. The van der Waals surface area contributed by atoms with E-state index in [1.807, 2.05) is 6.92 Å². The molecular formula is C15H18ClFN2O. The van der Waals surface area contributed by atoms with Gasteiger partial charge in [-0.2, -0.15) is 0 Å². The molecule has 0 saturated heterocycles. The number of rotatable bonds is 3. The fraction of sp³-hybridized carbons (Fsp3) is 0.533. The lowest BCUT2D eigenvalue weighted by molar-refractivity contribution is 0.169. The van der Waals surface area contributed by atoms with E-state index in [9.17, 15) is 4.39 Å². The zero-order valence-electron chi connectivity index (χ0n) is 11.9. The quantitative estimate of drug-likeness (QED) is 0.786. The summed E-state index contributed by atoms with van der Waals surface area (Å²) in [4.78, 5) is 4.53. The molecule has 0 amide bonds. The summed E-state index contributed by atoms with van der Waals surface area (Å²) in [5.41, 5.74) is 1.56. The predicted octanol–water partition coefficient (Wildman–Crippen LogP) is 4.38. The number of nitrogens with zero attached hydrogens (tertiary/aromatic N) is 2. The molecule has 3 nitrogen and oxygen atoms in total. The number of aromatic nitrogens is 2. The molecule has 0 aliphatic heterocycles. The highest BCUT2D eigenvalue weighted by molar-refractivity contribution is 6.20. The molecule has 1 atom stereocenters. The zero-order chi connectivity index (χ0) is 14.5. The van der Waals surface area contributed by atoms with E-state index in [1.54, 1.807) is 6.07 Å². The van der Waals surface area contributed by atoms with Crippen molar-refractivity contribution in [3.63, 3.8) is 0 Å². The monoisotopic (exact) mass is 296 g/mol. The molecule has 5 heteroatoms. The first kappa shape index (κ1) is 13.7. The summed E-state index contributed by atoms with van der Waals surface area (Å²) in [5.74, 6) is 0.657. The molecule has 0 bridgehead atoms. The highest BCUT2D eigenvalue weighted by Crippen LogP contribution is 2.44. The van der Waals surface area contributed by atoms with Crippen molar-refractivity contribution in [2.75, 3.05) is 7.11 Å². The Kier molecular flexibility index (Phi) is 3.16. The zero-order valence-corrected chi connectivity index (χ0v) is 12.7. The van der Waals surface area contributed by atoms with E-state index >= 15 is 0 Å². The third-order valence-corrected chi connectivity index (χ3v) is 4.48. The van der Waals surface area contributed by atoms with Crippen LogP contribution in [0.5, 0.6) is 5.75 Å². The molecule has 108 valence electrons. The van der Waals surface area contributed by atoms with Crippen molar-refractivity contribution in [2.45, 2.75) is 44.0 Å². The molecular weight excluding hydrogens is 279 g/mol. The van der Waals surface area contributed by atoms with E-state index in [1.165, 1.54) is 19.6 Å². The number of hydrogen-bond acceptors (Lipinski definition) is 2. The molecule has 1 heterocycles. The highest BCUT2D eigenvalue weighted by atomic mass is 35.5. The molecule has 1 fully saturated rings. The highest BCUT2D eigenvalue weighted by Gasteiger charge is 2.37. The second kappa shape index (κ2) is 4.62. The number of methoxy groups -OCH3 is 1. The van der Waals surface area contributed by atoms with Crippen LogP contribution in [-0.2, 0) is 5.54 Å². The Bertz CT molecular complexity index is 661. The summed E-state index contributed by atoms with van der Waals surface area (Å²) < 4.78 is 21.1. The van der Waals surface area contributed by atoms with E-state index in [2.05, 4.69) is 16.5 Å². The Balaban J connectivity index is 2.30. The van der Waals surface area contributed by atoms with Gasteiger partial charge in [-0.25, -0.2) is 9.37 Å². The summed E-state index contributed by atoms with van der Waals surface area (Å²) in [7, 11) is 1.47. The lowest BCUT2D eigenvalue weighted by Crippen LogP contribution is -2.38. The first-order chi connectivity index (χ1) is 9.46. The van der Waals surface area contributed by atoms with Gasteiger partial charge in [-0.3, -0.25) is 0 Å². The smallest absolute Gasteiger partial charge is 0.167 e. The fourth-order valence-electron chi connectivity index (χ4n) is 3.00. The second-order valence-corrected chi connectivity index (χ2v) is 6.40. The Morgan fingerprint density at radius 3 is 2.65 bits per heavy atom. The van der Waals surface area contributed by atoms with Crippen LogP contribution in [0.2, 0.25) is 0 Å². The van der Waals surface area contributed by atoms with Crippen LogP contribution >= 0.6 is 11.6 Å². The van der Waals surface area contributed by atoms with Crippen molar-refractivity contribution in [1.29, 1.82) is 0 Å². The minimum Gasteiger partial charge on any atom is -0.494 e. The van der Waals surface area contributed by atoms with Gasteiger partial charge in [0.25, 0.3) is 0 Å². The third-order valence-electron chi connectivity index (χ3n) is 4.28. The summed E-state index contributed by atoms with van der Waals surface area (Å²) in [5, 5.41) is -0.214. The number of ether oxygens (including phenoxy) is 1. The largest absolute Gasteiger partial charge is 0.494 e. The molecule has 20 heavy (non-hydrogen) atoms. The molecule has 1 aliphatic rings. The minimum absolute atomic E-state index is 0.0239. The first-order valence-electron chi connectivity index (χ1n) is 6.87. The second-order valence-electron chi connectivity index (χ2n) is 5.75. The van der Waals surface area contributed by atoms with E-state index in [-0.39, 0.29) is 16.7 Å². The van der Waals surface area contributed by atoms with Crippen molar-refractivity contribution in [2.24, 2.45) is 0 Å². The number of benzene rings is 1. The maximum absolute atomic E-state index is 13.8. The van der Waals surface area contributed by atoms with Crippen molar-refractivity contribution >= 4 is 22.6 Å². The topological polar surface area (TPSA) is 27.1 Å². The lowest BCUT2D eigenvalue weighted by atomic mass is 9.78. The van der Waals surface area contributed by atoms with Gasteiger partial charge >= 0.3 is 0 Å². The van der Waals surface area contributed by atoms with Crippen molar-refractivity contribution in [3.8, 4) is 5.75 Å². The SMILES string of the molecule is COc1cc2c(cc1F)nc(C(C)Cl)n2C1(C)CCC1. The lowest BCUT2D eigenvalue weighted by Gasteiger charge is -2.41. The van der Waals surface area contributed by atoms with Crippen LogP contribution in [0, 0.1) is 5.82 Å². The molecule has 1 aliphatic carbocycles. The number of halogens is 2. The number of imidazole rings is 1. The standard InChI is InChI=1S/C15H18ClFN2O/c1-9(16)14-18-11-7-10(17)13(20-3)8-12(11)19(14)15(2)5-4-6-15/h7-9H,4-6H2,1-3H3. The van der Waals surface area contributed by atoms with Crippen LogP contribution in [0.3, 0.4) is 0 Å². The maximum atomic E-state index is 13.8. The van der Waals surface area contributed by atoms with Crippen molar-refractivity contribution in [1.82, 2.24) is 9.55 Å². The van der Waals surface area contributed by atoms with E-state index in [0.717, 1.165) is 24.2 Å². The third kappa shape index (κ3) is 1.89. The van der Waals surface area contributed by atoms with Gasteiger partial charge < -0.3 is 9.30 Å². The summed E-state index contributed by atoms with van der Waals surface area (Å²) in [6.45, 7) is 4.10. The number of fused-ring (bicyclic) bond motifs is 1. The van der Waals surface area contributed by atoms with Gasteiger partial charge in [0.15, 0.2) is 11.6 Å². The Labute approximate surface area is 122 Å². The maximum Gasteiger partial charge on any atom is 0.167 e. The van der Waals surface area contributed by atoms with Gasteiger partial charge in [0.05, 0.1) is 23.5 Å². The normalized spacial score (nSPS) is 18.9. The van der Waals surface area contributed by atoms with Crippen LogP contribution in [0.25, 0.3) is 11.0 Å². The molecule has 3 rings (SSSR count). The Morgan fingerprint density at radius 2 is 2.15 bits per heavy atom. The van der Waals surface area contributed by atoms with Crippen LogP contribution in [0.15, 0.2) is 12.1 Å². The summed E-state index contributed by atoms with van der Waals surface area (Å²) in [6, 6.07) is 3.15. The van der Waals surface area contributed by atoms with E-state index in [0.29, 0.717) is 5.52 Å². The Hall–Kier alpha value is -1.29. The fourth-order valence-corrected chi connectivity index (χ4v) is 3.15. The van der Waals surface area contributed by atoms with E-state index < -0.39 is 5.82 Å². The van der Waals surface area contributed by atoms with Gasteiger partial charge in [0.2, 0.25) is 0 Å². The molecule has 2 aromatic rings. The molecule has 0 N–H and O–H groups in total. The van der Waals surface area contributed by atoms with Gasteiger partial charge in [0, 0.05) is 17.7 Å². The van der Waals surface area contributed by atoms with E-state index in [4.69, 9.17) is 16.3 Å². The van der Waals surface area contributed by atoms with Crippen molar-refractivity contribution < 1.29 is 9.13 Å². The van der Waals surface area contributed by atoms with Gasteiger partial charge in [-0.1, -0.05) is 0 Å². The van der Waals surface area contributed by atoms with Crippen LogP contribution in [0.4, 0.5) is 4.39 Å². The molecule has 1 aromatic carbocycles. The first-order valence-corrected chi connectivity index (χ1v) is 7.30. The van der Waals surface area contributed by atoms with Crippen LogP contribution in [0.1, 0.15) is 44.3 Å². The Morgan fingerprint density at radius 1 is 1.45 bits per heavy atom. The van der Waals surface area contributed by atoms with Gasteiger partial charge in [0.1, 0.15) is 5.82 Å². The molecule has 1 aromatic heterocycles. The minimum atomic E-state index is -0.391.